The Hall–Kier alpha value is -3.70. The van der Waals surface area contributed by atoms with Gasteiger partial charge in [-0.2, -0.15) is 0 Å². The molecule has 0 aliphatic heterocycles. The van der Waals surface area contributed by atoms with Crippen LogP contribution in [-0.4, -0.2) is 37.0 Å². The average Bonchev–Trinajstić information content (AvgIpc) is 2.76. The van der Waals surface area contributed by atoms with E-state index in [1.807, 2.05) is 6.07 Å². The Morgan fingerprint density at radius 1 is 1.09 bits per heavy atom. The molecule has 0 aliphatic rings. The molecule has 0 saturated heterocycles. The molecule has 0 bridgehead atoms. The third kappa shape index (κ3) is 5.21. The number of nitrogens with zero attached hydrogens (tertiary/aromatic N) is 2. The lowest BCUT2D eigenvalue weighted by molar-refractivity contribution is 0.0992. The highest BCUT2D eigenvalue weighted by Crippen LogP contribution is 2.19. The van der Waals surface area contributed by atoms with Gasteiger partial charge in [-0.1, -0.05) is 30.3 Å². The molecule has 4 N–H and O–H groups in total. The predicted molar refractivity (Wildman–Crippen MR) is 126 cm³/mol. The van der Waals surface area contributed by atoms with Gasteiger partial charge < -0.3 is 10.6 Å². The van der Waals surface area contributed by atoms with Crippen molar-refractivity contribution in [2.24, 2.45) is 0 Å². The summed E-state index contributed by atoms with van der Waals surface area (Å²) in [6.07, 6.45) is 0. The van der Waals surface area contributed by atoms with Crippen LogP contribution in [0.1, 0.15) is 29.8 Å². The summed E-state index contributed by atoms with van der Waals surface area (Å²) in [6, 6.07) is 14.0. The molecule has 11 heteroatoms. The summed E-state index contributed by atoms with van der Waals surface area (Å²) in [4.78, 5) is 41.1. The summed E-state index contributed by atoms with van der Waals surface area (Å²) in [5.41, 5.74) is 5.37. The van der Waals surface area contributed by atoms with Crippen LogP contribution < -0.4 is 26.6 Å². The second-order valence-electron chi connectivity index (χ2n) is 7.73. The number of nitrogens with one attached hydrogen (secondary N) is 2. The zero-order valence-corrected chi connectivity index (χ0v) is 19.2. The van der Waals surface area contributed by atoms with Crippen molar-refractivity contribution in [3.63, 3.8) is 0 Å². The Labute approximate surface area is 190 Å². The lowest BCUT2D eigenvalue weighted by atomic mass is 10.2. The van der Waals surface area contributed by atoms with Crippen molar-refractivity contribution in [2.75, 3.05) is 17.7 Å². The van der Waals surface area contributed by atoms with Gasteiger partial charge in [0, 0.05) is 18.7 Å². The van der Waals surface area contributed by atoms with Crippen molar-refractivity contribution in [2.45, 2.75) is 31.3 Å². The second kappa shape index (κ2) is 9.43. The SMILES string of the molecule is CC(C)NS(=O)(=O)c1ccc(C(=O)N(C)c2c(N)n(Cc3ccccc3)c(=O)[nH]c2=O)cc1. The fourth-order valence-corrected chi connectivity index (χ4v) is 4.53. The van der Waals surface area contributed by atoms with E-state index in [-0.39, 0.29) is 34.6 Å². The van der Waals surface area contributed by atoms with Crippen LogP contribution in [0.15, 0.2) is 69.1 Å². The molecular formula is C22H25N5O5S. The Bertz CT molecular complexity index is 1380. The number of rotatable bonds is 7. The largest absolute Gasteiger partial charge is 0.383 e. The molecule has 174 valence electrons. The van der Waals surface area contributed by atoms with E-state index >= 15 is 0 Å². The van der Waals surface area contributed by atoms with E-state index in [0.717, 1.165) is 10.5 Å². The van der Waals surface area contributed by atoms with Crippen molar-refractivity contribution < 1.29 is 13.2 Å². The number of carbonyl (C=O) groups is 1. The third-order valence-electron chi connectivity index (χ3n) is 4.84. The molecule has 33 heavy (non-hydrogen) atoms. The Morgan fingerprint density at radius 3 is 2.27 bits per heavy atom. The summed E-state index contributed by atoms with van der Waals surface area (Å²) in [5.74, 6) is -0.762. The third-order valence-corrected chi connectivity index (χ3v) is 6.51. The first-order chi connectivity index (χ1) is 15.5. The van der Waals surface area contributed by atoms with Crippen LogP contribution in [0.2, 0.25) is 0 Å². The van der Waals surface area contributed by atoms with E-state index in [9.17, 15) is 22.8 Å². The first kappa shape index (κ1) is 24.0. The maximum Gasteiger partial charge on any atom is 0.330 e. The molecule has 2 aromatic carbocycles. The molecule has 0 saturated carbocycles. The van der Waals surface area contributed by atoms with Gasteiger partial charge in [0.25, 0.3) is 11.5 Å². The van der Waals surface area contributed by atoms with Gasteiger partial charge in [-0.25, -0.2) is 17.9 Å². The fraction of sp³-hybridized carbons (Fsp3) is 0.227. The minimum absolute atomic E-state index is 0.00387. The molecule has 0 fully saturated rings. The number of aromatic nitrogens is 2. The summed E-state index contributed by atoms with van der Waals surface area (Å²) < 4.78 is 28.2. The summed E-state index contributed by atoms with van der Waals surface area (Å²) >= 11 is 0. The highest BCUT2D eigenvalue weighted by molar-refractivity contribution is 7.89. The first-order valence-electron chi connectivity index (χ1n) is 10.1. The highest BCUT2D eigenvalue weighted by atomic mass is 32.2. The van der Waals surface area contributed by atoms with E-state index in [1.165, 1.54) is 35.9 Å². The fourth-order valence-electron chi connectivity index (χ4n) is 3.27. The van der Waals surface area contributed by atoms with Gasteiger partial charge in [-0.05, 0) is 43.7 Å². The van der Waals surface area contributed by atoms with Crippen molar-refractivity contribution in [1.82, 2.24) is 14.3 Å². The number of H-pyrrole nitrogens is 1. The van der Waals surface area contributed by atoms with Gasteiger partial charge >= 0.3 is 5.69 Å². The summed E-state index contributed by atoms with van der Waals surface area (Å²) in [7, 11) is -2.36. The molecule has 0 aliphatic carbocycles. The summed E-state index contributed by atoms with van der Waals surface area (Å²) in [5, 5.41) is 0. The molecule has 0 atom stereocenters. The number of amides is 1. The average molecular weight is 472 g/mol. The number of nitrogens with two attached hydrogens (primary N) is 1. The molecule has 10 nitrogen and oxygen atoms in total. The minimum Gasteiger partial charge on any atom is -0.383 e. The molecular weight excluding hydrogens is 446 g/mol. The van der Waals surface area contributed by atoms with Crippen LogP contribution in [0.4, 0.5) is 11.5 Å². The summed E-state index contributed by atoms with van der Waals surface area (Å²) in [6.45, 7) is 3.50. The van der Waals surface area contributed by atoms with Crippen molar-refractivity contribution in [3.05, 3.63) is 86.6 Å². The topological polar surface area (TPSA) is 147 Å². The van der Waals surface area contributed by atoms with E-state index in [0.29, 0.717) is 0 Å². The van der Waals surface area contributed by atoms with Crippen molar-refractivity contribution in [1.29, 1.82) is 0 Å². The number of aromatic amines is 1. The minimum atomic E-state index is -3.72. The van der Waals surface area contributed by atoms with Gasteiger partial charge in [0.05, 0.1) is 11.4 Å². The number of benzene rings is 2. The van der Waals surface area contributed by atoms with Crippen molar-refractivity contribution in [3.8, 4) is 0 Å². The van der Waals surface area contributed by atoms with Crippen LogP contribution in [-0.2, 0) is 16.6 Å². The normalized spacial score (nSPS) is 11.5. The Morgan fingerprint density at radius 2 is 1.70 bits per heavy atom. The molecule has 1 amide bonds. The smallest absolute Gasteiger partial charge is 0.330 e. The quantitative estimate of drug-likeness (QED) is 0.471. The molecule has 0 unspecified atom stereocenters. The zero-order chi connectivity index (χ0) is 24.3. The lowest BCUT2D eigenvalue weighted by Crippen LogP contribution is -2.39. The van der Waals surface area contributed by atoms with E-state index < -0.39 is 27.2 Å². The van der Waals surface area contributed by atoms with Crippen molar-refractivity contribution >= 4 is 27.4 Å². The number of anilines is 2. The van der Waals surface area contributed by atoms with Gasteiger partial charge in [-0.3, -0.25) is 19.1 Å². The molecule has 3 rings (SSSR count). The van der Waals surface area contributed by atoms with E-state index in [2.05, 4.69) is 9.71 Å². The standard InChI is InChI=1S/C22H25N5O5S/c1-14(2)25-33(31,32)17-11-9-16(10-12-17)21(29)26(3)18-19(23)27(22(30)24-20(18)28)13-15-7-5-4-6-8-15/h4-12,14,25H,13,23H2,1-3H3,(H,24,28,30). The maximum absolute atomic E-state index is 13.0. The molecule has 3 aromatic rings. The maximum atomic E-state index is 13.0. The zero-order valence-electron chi connectivity index (χ0n) is 18.4. The number of hydrogen-bond donors (Lipinski definition) is 3. The van der Waals surface area contributed by atoms with Crippen LogP contribution in [0.3, 0.4) is 0 Å². The lowest BCUT2D eigenvalue weighted by Gasteiger charge is -2.20. The Kier molecular flexibility index (Phi) is 6.84. The first-order valence-corrected chi connectivity index (χ1v) is 11.6. The number of nitrogen functional groups attached to an aromatic ring is 1. The van der Waals surface area contributed by atoms with Gasteiger partial charge in [0.2, 0.25) is 10.0 Å². The molecule has 0 spiro atoms. The molecule has 1 heterocycles. The van der Waals surface area contributed by atoms with Crippen LogP contribution >= 0.6 is 0 Å². The number of carbonyl (C=O) groups excluding carboxylic acids is 1. The molecule has 1 aromatic heterocycles. The van der Waals surface area contributed by atoms with Gasteiger partial charge in [0.1, 0.15) is 5.82 Å². The number of hydrogen-bond acceptors (Lipinski definition) is 6. The molecule has 0 radical (unpaired) electrons. The van der Waals surface area contributed by atoms with Crippen LogP contribution in [0, 0.1) is 0 Å². The van der Waals surface area contributed by atoms with E-state index in [4.69, 9.17) is 5.73 Å². The van der Waals surface area contributed by atoms with E-state index in [1.54, 1.807) is 38.1 Å². The predicted octanol–water partition coefficient (Wildman–Crippen LogP) is 1.13. The number of sulfonamides is 1. The van der Waals surface area contributed by atoms with Crippen LogP contribution in [0.25, 0.3) is 0 Å². The van der Waals surface area contributed by atoms with Gasteiger partial charge in [0.15, 0.2) is 5.69 Å². The monoisotopic (exact) mass is 471 g/mol. The Balaban J connectivity index is 1.94. The van der Waals surface area contributed by atoms with Crippen LogP contribution in [0.5, 0.6) is 0 Å². The second-order valence-corrected chi connectivity index (χ2v) is 9.44. The van der Waals surface area contributed by atoms with Gasteiger partial charge in [-0.15, -0.1) is 0 Å². The highest BCUT2D eigenvalue weighted by Gasteiger charge is 2.23.